The fourth-order valence-corrected chi connectivity index (χ4v) is 1.14. The van der Waals surface area contributed by atoms with Gasteiger partial charge in [0.1, 0.15) is 0 Å². The van der Waals surface area contributed by atoms with Gasteiger partial charge < -0.3 is 10.0 Å². The van der Waals surface area contributed by atoms with Crippen LogP contribution in [0.5, 0.6) is 0 Å². The highest BCUT2D eigenvalue weighted by atomic mass is 16.3. The highest BCUT2D eigenvalue weighted by Gasteiger charge is 2.07. The van der Waals surface area contributed by atoms with Crippen molar-refractivity contribution >= 4 is 0 Å². The maximum absolute atomic E-state index is 8.95. The van der Waals surface area contributed by atoms with Gasteiger partial charge in [0.15, 0.2) is 0 Å². The first-order valence-electron chi connectivity index (χ1n) is 4.49. The molecule has 2 heteroatoms. The van der Waals surface area contributed by atoms with E-state index in [0.717, 1.165) is 6.42 Å². The number of hydrogen-bond donors (Lipinski definition) is 1. The van der Waals surface area contributed by atoms with E-state index in [9.17, 15) is 0 Å². The average molecular weight is 159 g/mol. The molecule has 2 nitrogen and oxygen atoms in total. The molecule has 0 fully saturated rings. The minimum atomic E-state index is 0.288. The van der Waals surface area contributed by atoms with Gasteiger partial charge in [-0.15, -0.1) is 0 Å². The molecule has 0 bridgehead atoms. The average Bonchev–Trinajstić information content (AvgIpc) is 1.97. The Hall–Kier alpha value is -0.0800. The molecular formula is C9H21NO. The van der Waals surface area contributed by atoms with E-state index in [-0.39, 0.29) is 6.61 Å². The monoisotopic (exact) mass is 159 g/mol. The van der Waals surface area contributed by atoms with Crippen LogP contribution in [0, 0.1) is 0 Å². The maximum Gasteiger partial charge on any atom is 0.0586 e. The molecule has 0 aliphatic heterocycles. The van der Waals surface area contributed by atoms with Crippen molar-refractivity contribution < 1.29 is 5.11 Å². The second-order valence-electron chi connectivity index (χ2n) is 3.30. The molecule has 1 N–H and O–H groups in total. The number of rotatable bonds is 6. The van der Waals surface area contributed by atoms with Crippen molar-refractivity contribution in [2.75, 3.05) is 20.7 Å². The number of hydrogen-bond acceptors (Lipinski definition) is 2. The van der Waals surface area contributed by atoms with Gasteiger partial charge in [-0.1, -0.05) is 26.2 Å². The van der Waals surface area contributed by atoms with Crippen LogP contribution in [0.1, 0.15) is 32.6 Å². The molecule has 0 saturated carbocycles. The number of aliphatic hydroxyl groups is 1. The van der Waals surface area contributed by atoms with Crippen LogP contribution in [0.15, 0.2) is 0 Å². The SMILES string of the molecule is CCCCCC(CO)N(C)C. The Balaban J connectivity index is 3.36. The van der Waals surface area contributed by atoms with Crippen LogP contribution in [-0.4, -0.2) is 36.8 Å². The Morgan fingerprint density at radius 1 is 1.27 bits per heavy atom. The summed E-state index contributed by atoms with van der Waals surface area (Å²) >= 11 is 0. The summed E-state index contributed by atoms with van der Waals surface area (Å²) < 4.78 is 0. The van der Waals surface area contributed by atoms with E-state index in [4.69, 9.17) is 5.11 Å². The standard InChI is InChI=1S/C9H21NO/c1-4-5-6-7-9(8-11)10(2)3/h9,11H,4-8H2,1-3H3. The maximum atomic E-state index is 8.95. The van der Waals surface area contributed by atoms with Crippen LogP contribution < -0.4 is 0 Å². The van der Waals surface area contributed by atoms with Gasteiger partial charge in [0, 0.05) is 6.04 Å². The van der Waals surface area contributed by atoms with Crippen LogP contribution in [0.3, 0.4) is 0 Å². The largest absolute Gasteiger partial charge is 0.395 e. The predicted octanol–water partition coefficient (Wildman–Crippen LogP) is 1.49. The highest BCUT2D eigenvalue weighted by molar-refractivity contribution is 4.63. The zero-order chi connectivity index (χ0) is 8.69. The van der Waals surface area contributed by atoms with E-state index in [2.05, 4.69) is 11.8 Å². The van der Waals surface area contributed by atoms with E-state index in [1.165, 1.54) is 19.3 Å². The zero-order valence-corrected chi connectivity index (χ0v) is 8.01. The lowest BCUT2D eigenvalue weighted by atomic mass is 10.1. The molecule has 0 aliphatic carbocycles. The second-order valence-corrected chi connectivity index (χ2v) is 3.30. The van der Waals surface area contributed by atoms with Gasteiger partial charge in [-0.3, -0.25) is 0 Å². The summed E-state index contributed by atoms with van der Waals surface area (Å²) in [5, 5.41) is 8.95. The van der Waals surface area contributed by atoms with Crippen molar-refractivity contribution in [3.63, 3.8) is 0 Å². The number of likely N-dealkylation sites (N-methyl/N-ethyl adjacent to an activating group) is 1. The van der Waals surface area contributed by atoms with Crippen LogP contribution >= 0.6 is 0 Å². The summed E-state index contributed by atoms with van der Waals surface area (Å²) in [6, 6.07) is 0.363. The fraction of sp³-hybridized carbons (Fsp3) is 1.00. The van der Waals surface area contributed by atoms with Gasteiger partial charge in [-0.05, 0) is 20.5 Å². The van der Waals surface area contributed by atoms with E-state index >= 15 is 0 Å². The van der Waals surface area contributed by atoms with E-state index in [1.54, 1.807) is 0 Å². The summed E-state index contributed by atoms with van der Waals surface area (Å²) in [6.45, 7) is 2.49. The fourth-order valence-electron chi connectivity index (χ4n) is 1.14. The minimum absolute atomic E-state index is 0.288. The molecular weight excluding hydrogens is 138 g/mol. The van der Waals surface area contributed by atoms with Crippen molar-refractivity contribution in [2.24, 2.45) is 0 Å². The third-order valence-electron chi connectivity index (χ3n) is 2.08. The van der Waals surface area contributed by atoms with Crippen molar-refractivity contribution in [3.8, 4) is 0 Å². The molecule has 0 radical (unpaired) electrons. The minimum Gasteiger partial charge on any atom is -0.395 e. The quantitative estimate of drug-likeness (QED) is 0.593. The Kier molecular flexibility index (Phi) is 6.57. The highest BCUT2D eigenvalue weighted by Crippen LogP contribution is 2.06. The van der Waals surface area contributed by atoms with Crippen molar-refractivity contribution in [1.82, 2.24) is 4.90 Å². The molecule has 0 aromatic heterocycles. The predicted molar refractivity (Wildman–Crippen MR) is 48.7 cm³/mol. The van der Waals surface area contributed by atoms with Gasteiger partial charge in [0.2, 0.25) is 0 Å². The number of nitrogens with zero attached hydrogens (tertiary/aromatic N) is 1. The molecule has 68 valence electrons. The normalized spacial score (nSPS) is 13.9. The Bertz CT molecular complexity index is 83.6. The summed E-state index contributed by atoms with van der Waals surface area (Å²) in [5.41, 5.74) is 0. The van der Waals surface area contributed by atoms with Crippen molar-refractivity contribution in [2.45, 2.75) is 38.6 Å². The molecule has 1 atom stereocenters. The molecule has 1 unspecified atom stereocenters. The van der Waals surface area contributed by atoms with E-state index in [0.29, 0.717) is 6.04 Å². The summed E-state index contributed by atoms with van der Waals surface area (Å²) in [7, 11) is 4.04. The lowest BCUT2D eigenvalue weighted by Gasteiger charge is -2.21. The number of unbranched alkanes of at least 4 members (excludes halogenated alkanes) is 2. The van der Waals surface area contributed by atoms with E-state index in [1.807, 2.05) is 14.1 Å². The van der Waals surface area contributed by atoms with Crippen LogP contribution in [0.4, 0.5) is 0 Å². The van der Waals surface area contributed by atoms with Crippen molar-refractivity contribution in [3.05, 3.63) is 0 Å². The second kappa shape index (κ2) is 6.62. The smallest absolute Gasteiger partial charge is 0.0586 e. The van der Waals surface area contributed by atoms with E-state index < -0.39 is 0 Å². The van der Waals surface area contributed by atoms with Crippen LogP contribution in [-0.2, 0) is 0 Å². The molecule has 0 spiro atoms. The zero-order valence-electron chi connectivity index (χ0n) is 8.01. The molecule has 0 heterocycles. The summed E-state index contributed by atoms with van der Waals surface area (Å²) in [6.07, 6.45) is 4.90. The molecule has 0 aromatic rings. The van der Waals surface area contributed by atoms with Gasteiger partial charge in [-0.25, -0.2) is 0 Å². The summed E-state index contributed by atoms with van der Waals surface area (Å²) in [5.74, 6) is 0. The lowest BCUT2D eigenvalue weighted by Crippen LogP contribution is -2.31. The third kappa shape index (κ3) is 5.22. The van der Waals surface area contributed by atoms with Gasteiger partial charge >= 0.3 is 0 Å². The topological polar surface area (TPSA) is 23.5 Å². The number of aliphatic hydroxyl groups excluding tert-OH is 1. The summed E-state index contributed by atoms with van der Waals surface area (Å²) in [4.78, 5) is 2.09. The van der Waals surface area contributed by atoms with Crippen molar-refractivity contribution in [1.29, 1.82) is 0 Å². The molecule has 0 saturated heterocycles. The first-order chi connectivity index (χ1) is 5.22. The molecule has 11 heavy (non-hydrogen) atoms. The lowest BCUT2D eigenvalue weighted by molar-refractivity contribution is 0.159. The molecule has 0 aliphatic rings. The Labute approximate surface area is 70.2 Å². The molecule has 0 rings (SSSR count). The van der Waals surface area contributed by atoms with Gasteiger partial charge in [-0.2, -0.15) is 0 Å². The first-order valence-corrected chi connectivity index (χ1v) is 4.49. The van der Waals surface area contributed by atoms with Crippen LogP contribution in [0.25, 0.3) is 0 Å². The van der Waals surface area contributed by atoms with Gasteiger partial charge in [0.05, 0.1) is 6.61 Å². The molecule has 0 aromatic carbocycles. The van der Waals surface area contributed by atoms with Crippen LogP contribution in [0.2, 0.25) is 0 Å². The van der Waals surface area contributed by atoms with Gasteiger partial charge in [0.25, 0.3) is 0 Å². The Morgan fingerprint density at radius 2 is 1.91 bits per heavy atom. The third-order valence-corrected chi connectivity index (χ3v) is 2.08. The Morgan fingerprint density at radius 3 is 2.27 bits per heavy atom. The molecule has 0 amide bonds. The first kappa shape index (κ1) is 10.9.